The van der Waals surface area contributed by atoms with Gasteiger partial charge in [0.25, 0.3) is 0 Å². The lowest BCUT2D eigenvalue weighted by atomic mass is 9.82. The summed E-state index contributed by atoms with van der Waals surface area (Å²) in [4.78, 5) is 26.5. The van der Waals surface area contributed by atoms with Crippen molar-refractivity contribution in [3.63, 3.8) is 0 Å². The molecule has 0 amide bonds. The first-order valence-corrected chi connectivity index (χ1v) is 12.2. The van der Waals surface area contributed by atoms with Crippen LogP contribution in [0.25, 0.3) is 0 Å². The van der Waals surface area contributed by atoms with Gasteiger partial charge in [-0.05, 0) is 33.6 Å². The Balaban J connectivity index is 2.35. The van der Waals surface area contributed by atoms with Gasteiger partial charge in [0, 0.05) is 5.41 Å². The Morgan fingerprint density at radius 2 is 1.07 bits per heavy atom. The van der Waals surface area contributed by atoms with Gasteiger partial charge in [-0.2, -0.15) is 5.26 Å². The van der Waals surface area contributed by atoms with E-state index in [0.717, 1.165) is 25.7 Å². The van der Waals surface area contributed by atoms with Crippen LogP contribution in [0.4, 0.5) is 0 Å². The number of carbonyl (C=O) groups is 2. The molecule has 2 saturated carbocycles. The van der Waals surface area contributed by atoms with E-state index in [2.05, 4.69) is 6.07 Å². The zero-order valence-electron chi connectivity index (χ0n) is 19.4. The van der Waals surface area contributed by atoms with E-state index in [4.69, 9.17) is 9.47 Å². The third kappa shape index (κ3) is 4.25. The molecule has 30 heavy (non-hydrogen) atoms. The van der Waals surface area contributed by atoms with E-state index >= 15 is 0 Å². The van der Waals surface area contributed by atoms with Crippen molar-refractivity contribution in [1.82, 2.24) is 0 Å². The average molecular weight is 420 g/mol. The smallest absolute Gasteiger partial charge is 0.325 e. The van der Waals surface area contributed by atoms with Crippen molar-refractivity contribution in [2.24, 2.45) is 16.2 Å². The Labute approximate surface area is 182 Å². The largest absolute Gasteiger partial charge is 0.465 e. The van der Waals surface area contributed by atoms with E-state index in [1.54, 1.807) is 20.8 Å². The molecule has 170 valence electrons. The molecular formula is C25H41NO4. The van der Waals surface area contributed by atoms with Crippen molar-refractivity contribution in [3.8, 4) is 6.07 Å². The Hall–Kier alpha value is -1.57. The molecule has 0 aromatic carbocycles. The van der Waals surface area contributed by atoms with E-state index in [9.17, 15) is 14.9 Å². The van der Waals surface area contributed by atoms with Crippen molar-refractivity contribution in [1.29, 1.82) is 5.26 Å². The standard InChI is InChI=1S/C25H41NO4/c1-4-29-21(27)25(22(28)30-5-2)23(3,20-26)24(25)18-16-14-12-10-8-6-7-9-11-13-15-17-19-24/h4-19H2,1-3H3. The van der Waals surface area contributed by atoms with E-state index < -0.39 is 28.2 Å². The Kier molecular flexibility index (Phi) is 9.19. The van der Waals surface area contributed by atoms with Gasteiger partial charge in [0.05, 0.1) is 24.7 Å². The van der Waals surface area contributed by atoms with Crippen molar-refractivity contribution in [2.45, 2.75) is 111 Å². The topological polar surface area (TPSA) is 76.4 Å². The highest BCUT2D eigenvalue weighted by molar-refractivity contribution is 6.08. The molecule has 0 bridgehead atoms. The maximum atomic E-state index is 13.2. The van der Waals surface area contributed by atoms with Crippen molar-refractivity contribution in [2.75, 3.05) is 13.2 Å². The average Bonchev–Trinajstić information content (AvgIpc) is 3.22. The lowest BCUT2D eigenvalue weighted by Crippen LogP contribution is -2.37. The quantitative estimate of drug-likeness (QED) is 0.406. The molecule has 1 unspecified atom stereocenters. The van der Waals surface area contributed by atoms with Crippen LogP contribution in [0.2, 0.25) is 0 Å². The van der Waals surface area contributed by atoms with Crippen LogP contribution in [-0.2, 0) is 19.1 Å². The summed E-state index contributed by atoms with van der Waals surface area (Å²) in [5.74, 6) is -1.13. The van der Waals surface area contributed by atoms with Gasteiger partial charge in [0.1, 0.15) is 0 Å². The summed E-state index contributed by atoms with van der Waals surface area (Å²) in [6.07, 6.45) is 15.5. The zero-order chi connectivity index (χ0) is 22.1. The molecule has 0 heterocycles. The van der Waals surface area contributed by atoms with Crippen molar-refractivity contribution < 1.29 is 19.1 Å². The Morgan fingerprint density at radius 3 is 1.37 bits per heavy atom. The van der Waals surface area contributed by atoms with Gasteiger partial charge in [0.2, 0.25) is 0 Å². The van der Waals surface area contributed by atoms with Gasteiger partial charge >= 0.3 is 11.9 Å². The first-order chi connectivity index (χ1) is 14.5. The second-order valence-corrected chi connectivity index (χ2v) is 9.25. The van der Waals surface area contributed by atoms with Crippen LogP contribution in [0.5, 0.6) is 0 Å². The molecule has 5 heteroatoms. The van der Waals surface area contributed by atoms with Gasteiger partial charge in [0.15, 0.2) is 5.41 Å². The predicted octanol–water partition coefficient (Wildman–Crippen LogP) is 6.10. The van der Waals surface area contributed by atoms with Crippen LogP contribution < -0.4 is 0 Å². The lowest BCUT2D eigenvalue weighted by molar-refractivity contribution is -0.167. The van der Waals surface area contributed by atoms with Gasteiger partial charge < -0.3 is 9.47 Å². The second-order valence-electron chi connectivity index (χ2n) is 9.25. The normalized spacial score (nSPS) is 27.1. The molecule has 2 fully saturated rings. The molecule has 0 aliphatic heterocycles. The Bertz CT molecular complexity index is 589. The van der Waals surface area contributed by atoms with E-state index in [0.29, 0.717) is 12.8 Å². The van der Waals surface area contributed by atoms with E-state index in [1.807, 2.05) is 0 Å². The number of carbonyl (C=O) groups excluding carboxylic acids is 2. The second kappa shape index (κ2) is 11.2. The Morgan fingerprint density at radius 1 is 0.733 bits per heavy atom. The van der Waals surface area contributed by atoms with Crippen molar-refractivity contribution >= 4 is 11.9 Å². The molecule has 0 aromatic rings. The van der Waals surface area contributed by atoms with Crippen LogP contribution in [0.3, 0.4) is 0 Å². The number of nitrogens with zero attached hydrogens (tertiary/aromatic N) is 1. The van der Waals surface area contributed by atoms with Crippen LogP contribution in [0, 0.1) is 27.6 Å². The number of rotatable bonds is 4. The van der Waals surface area contributed by atoms with Crippen LogP contribution in [-0.4, -0.2) is 25.2 Å². The first kappa shape index (κ1) is 24.7. The number of ether oxygens (including phenoxy) is 2. The monoisotopic (exact) mass is 419 g/mol. The molecular weight excluding hydrogens is 378 g/mol. The highest BCUT2D eigenvalue weighted by Crippen LogP contribution is 2.82. The zero-order valence-corrected chi connectivity index (χ0v) is 19.4. The maximum absolute atomic E-state index is 13.2. The summed E-state index contributed by atoms with van der Waals surface area (Å²) < 4.78 is 10.8. The number of hydrogen-bond donors (Lipinski definition) is 0. The molecule has 0 aromatic heterocycles. The van der Waals surface area contributed by atoms with Crippen LogP contribution in [0.15, 0.2) is 0 Å². The van der Waals surface area contributed by atoms with Gasteiger partial charge in [-0.15, -0.1) is 0 Å². The maximum Gasteiger partial charge on any atom is 0.325 e. The number of esters is 2. The molecule has 5 nitrogen and oxygen atoms in total. The van der Waals surface area contributed by atoms with Gasteiger partial charge in [-0.25, -0.2) is 0 Å². The van der Waals surface area contributed by atoms with E-state index in [-0.39, 0.29) is 13.2 Å². The molecule has 2 aliphatic rings. The third-order valence-electron chi connectivity index (χ3n) is 7.71. The highest BCUT2D eigenvalue weighted by atomic mass is 16.6. The third-order valence-corrected chi connectivity index (χ3v) is 7.71. The minimum atomic E-state index is -1.49. The first-order valence-electron chi connectivity index (χ1n) is 12.2. The molecule has 0 radical (unpaired) electrons. The summed E-state index contributed by atoms with van der Waals surface area (Å²) >= 11 is 0. The molecule has 0 N–H and O–H groups in total. The molecule has 2 aliphatic carbocycles. The van der Waals surface area contributed by atoms with Crippen LogP contribution in [0.1, 0.15) is 111 Å². The SMILES string of the molecule is CCOC(=O)C1(C(=O)OCC)C(C)(C#N)C12CCCCCCCCCCCCCC2. The molecule has 2 rings (SSSR count). The summed E-state index contributed by atoms with van der Waals surface area (Å²) in [7, 11) is 0. The summed E-state index contributed by atoms with van der Waals surface area (Å²) in [6.45, 7) is 5.65. The lowest BCUT2D eigenvalue weighted by Gasteiger charge is -2.23. The minimum Gasteiger partial charge on any atom is -0.465 e. The predicted molar refractivity (Wildman–Crippen MR) is 116 cm³/mol. The molecule has 1 spiro atoms. The number of nitriles is 1. The fraction of sp³-hybridized carbons (Fsp3) is 0.880. The summed E-state index contributed by atoms with van der Waals surface area (Å²) in [5, 5.41) is 10.2. The molecule has 1 atom stereocenters. The van der Waals surface area contributed by atoms with Gasteiger partial charge in [-0.1, -0.05) is 77.0 Å². The summed E-state index contributed by atoms with van der Waals surface area (Å²) in [5.41, 5.74) is -3.26. The highest BCUT2D eigenvalue weighted by Gasteiger charge is 2.93. The van der Waals surface area contributed by atoms with Gasteiger partial charge in [-0.3, -0.25) is 9.59 Å². The minimum absolute atomic E-state index is 0.192. The fourth-order valence-electron chi connectivity index (χ4n) is 6.05. The van der Waals surface area contributed by atoms with Crippen LogP contribution >= 0.6 is 0 Å². The molecule has 0 saturated heterocycles. The van der Waals surface area contributed by atoms with Crippen molar-refractivity contribution in [3.05, 3.63) is 0 Å². The number of hydrogen-bond acceptors (Lipinski definition) is 5. The van der Waals surface area contributed by atoms with E-state index in [1.165, 1.54) is 51.4 Å². The summed E-state index contributed by atoms with van der Waals surface area (Å²) in [6, 6.07) is 2.39. The fourth-order valence-corrected chi connectivity index (χ4v) is 6.05.